The van der Waals surface area contributed by atoms with Crippen molar-refractivity contribution in [3.63, 3.8) is 0 Å². The number of esters is 1. The first kappa shape index (κ1) is 18.9. The van der Waals surface area contributed by atoms with E-state index < -0.39 is 6.10 Å². The maximum absolute atomic E-state index is 11.5. The second kappa shape index (κ2) is 14.3. The molecule has 1 unspecified atom stereocenters. The number of rotatable bonds is 14. The standard InChI is InChI=1S/C15H28O5/c1-3-4-5-6-7-8-9-10-15(17)19-12-14(11-18-2)20-13-16/h13-14H,3-12H2,1-2H3. The lowest BCUT2D eigenvalue weighted by molar-refractivity contribution is -0.154. The zero-order valence-corrected chi connectivity index (χ0v) is 12.8. The van der Waals surface area contributed by atoms with Crippen LogP contribution in [-0.4, -0.2) is 38.9 Å². The Labute approximate surface area is 122 Å². The van der Waals surface area contributed by atoms with Crippen LogP contribution in [0.4, 0.5) is 0 Å². The van der Waals surface area contributed by atoms with Gasteiger partial charge in [-0.05, 0) is 6.42 Å². The molecule has 0 bridgehead atoms. The summed E-state index contributed by atoms with van der Waals surface area (Å²) in [6.07, 6.45) is 8.06. The van der Waals surface area contributed by atoms with Gasteiger partial charge in [-0.2, -0.15) is 0 Å². The summed E-state index contributed by atoms with van der Waals surface area (Å²) >= 11 is 0. The van der Waals surface area contributed by atoms with Gasteiger partial charge in [0.25, 0.3) is 6.47 Å². The van der Waals surface area contributed by atoms with Crippen LogP contribution in [0.25, 0.3) is 0 Å². The van der Waals surface area contributed by atoms with Crippen LogP contribution < -0.4 is 0 Å². The normalized spacial score (nSPS) is 11.9. The molecule has 0 saturated carbocycles. The van der Waals surface area contributed by atoms with Gasteiger partial charge in [0.1, 0.15) is 6.61 Å². The highest BCUT2D eigenvalue weighted by Gasteiger charge is 2.12. The lowest BCUT2D eigenvalue weighted by Crippen LogP contribution is -2.26. The molecule has 118 valence electrons. The van der Waals surface area contributed by atoms with Crippen molar-refractivity contribution in [2.24, 2.45) is 0 Å². The van der Waals surface area contributed by atoms with Crippen LogP contribution in [0, 0.1) is 0 Å². The summed E-state index contributed by atoms with van der Waals surface area (Å²) < 4.78 is 14.6. The summed E-state index contributed by atoms with van der Waals surface area (Å²) in [5.74, 6) is -0.242. The van der Waals surface area contributed by atoms with E-state index in [-0.39, 0.29) is 19.2 Å². The van der Waals surface area contributed by atoms with E-state index in [0.717, 1.165) is 12.8 Å². The Morgan fingerprint density at radius 3 is 2.30 bits per heavy atom. The van der Waals surface area contributed by atoms with E-state index in [9.17, 15) is 9.59 Å². The highest BCUT2D eigenvalue weighted by Crippen LogP contribution is 2.09. The number of unbranched alkanes of at least 4 members (excludes halogenated alkanes) is 6. The fourth-order valence-corrected chi connectivity index (χ4v) is 1.88. The highest BCUT2D eigenvalue weighted by atomic mass is 16.6. The lowest BCUT2D eigenvalue weighted by Gasteiger charge is -2.14. The number of hydrogen-bond donors (Lipinski definition) is 0. The molecule has 0 aliphatic heterocycles. The minimum absolute atomic E-state index is 0.0575. The molecule has 0 aromatic rings. The molecular formula is C15H28O5. The van der Waals surface area contributed by atoms with Crippen molar-refractivity contribution >= 4 is 12.4 Å². The smallest absolute Gasteiger partial charge is 0.305 e. The Kier molecular flexibility index (Phi) is 13.5. The van der Waals surface area contributed by atoms with Gasteiger partial charge < -0.3 is 14.2 Å². The third-order valence-corrected chi connectivity index (χ3v) is 3.02. The van der Waals surface area contributed by atoms with Crippen LogP contribution in [0.1, 0.15) is 58.3 Å². The van der Waals surface area contributed by atoms with E-state index in [1.165, 1.54) is 39.2 Å². The van der Waals surface area contributed by atoms with Gasteiger partial charge >= 0.3 is 5.97 Å². The average Bonchev–Trinajstić information content (AvgIpc) is 2.44. The Morgan fingerprint density at radius 1 is 1.05 bits per heavy atom. The Morgan fingerprint density at radius 2 is 1.70 bits per heavy atom. The summed E-state index contributed by atoms with van der Waals surface area (Å²) in [4.78, 5) is 21.7. The fourth-order valence-electron chi connectivity index (χ4n) is 1.88. The zero-order valence-electron chi connectivity index (χ0n) is 12.8. The quantitative estimate of drug-likeness (QED) is 0.279. The van der Waals surface area contributed by atoms with Crippen molar-refractivity contribution in [2.45, 2.75) is 64.4 Å². The average molecular weight is 288 g/mol. The van der Waals surface area contributed by atoms with Gasteiger partial charge in [0.2, 0.25) is 0 Å². The number of methoxy groups -OCH3 is 1. The van der Waals surface area contributed by atoms with E-state index in [1.54, 1.807) is 0 Å². The van der Waals surface area contributed by atoms with Crippen molar-refractivity contribution in [3.8, 4) is 0 Å². The Bertz CT molecular complexity index is 242. The van der Waals surface area contributed by atoms with E-state index in [1.807, 2.05) is 0 Å². The van der Waals surface area contributed by atoms with Crippen molar-refractivity contribution in [2.75, 3.05) is 20.3 Å². The van der Waals surface area contributed by atoms with Gasteiger partial charge in [-0.1, -0.05) is 45.4 Å². The fraction of sp³-hybridized carbons (Fsp3) is 0.867. The summed E-state index contributed by atoms with van der Waals surface area (Å²) in [6.45, 7) is 2.82. The summed E-state index contributed by atoms with van der Waals surface area (Å²) in [7, 11) is 1.50. The first-order chi connectivity index (χ1) is 9.74. The molecule has 0 saturated heterocycles. The van der Waals surface area contributed by atoms with Crippen molar-refractivity contribution in [1.29, 1.82) is 0 Å². The monoisotopic (exact) mass is 288 g/mol. The van der Waals surface area contributed by atoms with Crippen LogP contribution >= 0.6 is 0 Å². The summed E-state index contributed by atoms with van der Waals surface area (Å²) in [5, 5.41) is 0. The van der Waals surface area contributed by atoms with Crippen molar-refractivity contribution in [3.05, 3.63) is 0 Å². The zero-order chi connectivity index (χ0) is 15.1. The van der Waals surface area contributed by atoms with Crippen LogP contribution in [0.2, 0.25) is 0 Å². The SMILES string of the molecule is CCCCCCCCCC(=O)OCC(COC)OC=O. The third-order valence-electron chi connectivity index (χ3n) is 3.02. The molecule has 1 atom stereocenters. The van der Waals surface area contributed by atoms with Gasteiger partial charge in [0.05, 0.1) is 6.61 Å². The number of carbonyl (C=O) groups is 2. The molecule has 0 aliphatic carbocycles. The molecule has 0 rings (SSSR count). The predicted octanol–water partition coefficient (Wildman–Crippen LogP) is 2.86. The molecule has 0 N–H and O–H groups in total. The van der Waals surface area contributed by atoms with Gasteiger partial charge in [0, 0.05) is 13.5 Å². The third kappa shape index (κ3) is 12.0. The van der Waals surface area contributed by atoms with Crippen LogP contribution in [-0.2, 0) is 23.8 Å². The molecule has 0 fully saturated rings. The second-order valence-electron chi connectivity index (χ2n) is 4.86. The first-order valence-corrected chi connectivity index (χ1v) is 7.48. The maximum atomic E-state index is 11.5. The molecule has 0 radical (unpaired) electrons. The van der Waals surface area contributed by atoms with Gasteiger partial charge in [-0.15, -0.1) is 0 Å². The molecule has 0 aromatic heterocycles. The van der Waals surface area contributed by atoms with E-state index >= 15 is 0 Å². The molecule has 0 heterocycles. The minimum Gasteiger partial charge on any atom is -0.462 e. The topological polar surface area (TPSA) is 61.8 Å². The number of ether oxygens (including phenoxy) is 3. The second-order valence-corrected chi connectivity index (χ2v) is 4.86. The van der Waals surface area contributed by atoms with Crippen molar-refractivity contribution < 1.29 is 23.8 Å². The number of carbonyl (C=O) groups excluding carboxylic acids is 2. The predicted molar refractivity (Wildman–Crippen MR) is 76.4 cm³/mol. The molecule has 5 heteroatoms. The first-order valence-electron chi connectivity index (χ1n) is 7.48. The molecule has 5 nitrogen and oxygen atoms in total. The molecule has 0 amide bonds. The van der Waals surface area contributed by atoms with E-state index in [0.29, 0.717) is 12.9 Å². The Hall–Kier alpha value is -1.10. The summed E-state index contributed by atoms with van der Waals surface area (Å²) in [5.41, 5.74) is 0. The summed E-state index contributed by atoms with van der Waals surface area (Å²) in [6, 6.07) is 0. The van der Waals surface area contributed by atoms with Crippen LogP contribution in [0.15, 0.2) is 0 Å². The Balaban J connectivity index is 3.49. The van der Waals surface area contributed by atoms with Gasteiger partial charge in [-0.25, -0.2) is 0 Å². The van der Waals surface area contributed by atoms with Gasteiger partial charge in [0.15, 0.2) is 6.10 Å². The number of hydrogen-bond acceptors (Lipinski definition) is 5. The molecule has 0 aromatic carbocycles. The van der Waals surface area contributed by atoms with E-state index in [4.69, 9.17) is 14.2 Å². The van der Waals surface area contributed by atoms with Crippen LogP contribution in [0.5, 0.6) is 0 Å². The molecular weight excluding hydrogens is 260 g/mol. The highest BCUT2D eigenvalue weighted by molar-refractivity contribution is 5.69. The van der Waals surface area contributed by atoms with E-state index in [2.05, 4.69) is 6.92 Å². The lowest BCUT2D eigenvalue weighted by atomic mass is 10.1. The molecule has 20 heavy (non-hydrogen) atoms. The van der Waals surface area contributed by atoms with Crippen molar-refractivity contribution in [1.82, 2.24) is 0 Å². The van der Waals surface area contributed by atoms with Gasteiger partial charge in [-0.3, -0.25) is 9.59 Å². The minimum atomic E-state index is -0.518. The maximum Gasteiger partial charge on any atom is 0.305 e. The largest absolute Gasteiger partial charge is 0.462 e. The molecule has 0 spiro atoms. The van der Waals surface area contributed by atoms with Crippen LogP contribution in [0.3, 0.4) is 0 Å². The molecule has 0 aliphatic rings.